The van der Waals surface area contributed by atoms with Gasteiger partial charge in [0.05, 0.1) is 9.92 Å². The molecule has 2 aliphatic rings. The van der Waals surface area contributed by atoms with Crippen LogP contribution in [0.5, 0.6) is 5.75 Å². The number of sulfonamides is 1. The number of hydrogen-bond donors (Lipinski definition) is 1. The summed E-state index contributed by atoms with van der Waals surface area (Å²) in [5, 5.41) is 3.24. The SMILES string of the molecule is O=C(COc1ccc(S(=O)(=O)N2CCCCC2)cc1Cl)NC1CCCCCCC1. The Labute approximate surface area is 179 Å². The standard InChI is InChI=1S/C21H31ClN2O4S/c22-19-15-18(29(26,27)24-13-7-4-8-14-24)11-12-20(19)28-16-21(25)23-17-9-5-2-1-3-6-10-17/h11-12,15,17H,1-10,13-14,16H2,(H,23,25). The third-order valence-corrected chi connectivity index (χ3v) is 7.88. The molecule has 0 bridgehead atoms. The van der Waals surface area contributed by atoms with E-state index in [2.05, 4.69) is 5.32 Å². The van der Waals surface area contributed by atoms with Crippen molar-refractivity contribution in [1.82, 2.24) is 9.62 Å². The average molecular weight is 443 g/mol. The van der Waals surface area contributed by atoms with E-state index in [0.717, 1.165) is 44.9 Å². The minimum absolute atomic E-state index is 0.131. The number of ether oxygens (including phenoxy) is 1. The normalized spacial score (nSPS) is 19.9. The van der Waals surface area contributed by atoms with E-state index in [-0.39, 0.29) is 28.5 Å². The number of piperidine rings is 1. The predicted octanol–water partition coefficient (Wildman–Crippen LogP) is 4.12. The lowest BCUT2D eigenvalue weighted by Gasteiger charge is -2.26. The molecule has 0 aromatic heterocycles. The maximum atomic E-state index is 12.8. The topological polar surface area (TPSA) is 75.7 Å². The molecule has 1 aromatic carbocycles. The zero-order valence-corrected chi connectivity index (χ0v) is 18.4. The zero-order valence-electron chi connectivity index (χ0n) is 16.9. The molecule has 6 nitrogen and oxygen atoms in total. The molecule has 1 aromatic rings. The Kier molecular flexibility index (Phi) is 8.21. The van der Waals surface area contributed by atoms with Crippen LogP contribution in [0.15, 0.2) is 23.1 Å². The van der Waals surface area contributed by atoms with Gasteiger partial charge in [0.15, 0.2) is 6.61 Å². The van der Waals surface area contributed by atoms with Gasteiger partial charge in [0, 0.05) is 19.1 Å². The Bertz CT molecular complexity index is 786. The van der Waals surface area contributed by atoms with Gasteiger partial charge in [-0.15, -0.1) is 0 Å². The van der Waals surface area contributed by atoms with Crippen LogP contribution in [0.4, 0.5) is 0 Å². The molecule has 0 spiro atoms. The van der Waals surface area contributed by atoms with E-state index in [9.17, 15) is 13.2 Å². The van der Waals surface area contributed by atoms with E-state index in [1.54, 1.807) is 0 Å². The van der Waals surface area contributed by atoms with Crippen LogP contribution in [-0.4, -0.2) is 44.4 Å². The molecular weight excluding hydrogens is 412 g/mol. The molecule has 1 saturated heterocycles. The fourth-order valence-electron chi connectivity index (χ4n) is 4.03. The summed E-state index contributed by atoms with van der Waals surface area (Å²) >= 11 is 6.25. The molecule has 0 radical (unpaired) electrons. The number of benzene rings is 1. The van der Waals surface area contributed by atoms with Gasteiger partial charge in [-0.25, -0.2) is 8.42 Å². The second kappa shape index (κ2) is 10.6. The minimum atomic E-state index is -3.54. The van der Waals surface area contributed by atoms with Crippen molar-refractivity contribution in [2.75, 3.05) is 19.7 Å². The Balaban J connectivity index is 1.55. The summed E-state index contributed by atoms with van der Waals surface area (Å²) in [6, 6.07) is 4.65. The van der Waals surface area contributed by atoms with Gasteiger partial charge in [-0.05, 0) is 43.9 Å². The van der Waals surface area contributed by atoms with Crippen molar-refractivity contribution in [2.45, 2.75) is 75.1 Å². The highest BCUT2D eigenvalue weighted by atomic mass is 35.5. The molecule has 1 amide bonds. The number of carbonyl (C=O) groups excluding carboxylic acids is 1. The lowest BCUT2D eigenvalue weighted by atomic mass is 9.97. The van der Waals surface area contributed by atoms with Gasteiger partial charge in [0.2, 0.25) is 10.0 Å². The maximum Gasteiger partial charge on any atom is 0.258 e. The molecular formula is C21H31ClN2O4S. The molecule has 1 heterocycles. The largest absolute Gasteiger partial charge is 0.482 e. The molecule has 1 aliphatic carbocycles. The van der Waals surface area contributed by atoms with E-state index < -0.39 is 10.0 Å². The van der Waals surface area contributed by atoms with Crippen LogP contribution < -0.4 is 10.1 Å². The average Bonchev–Trinajstić information content (AvgIpc) is 2.69. The van der Waals surface area contributed by atoms with Crippen molar-refractivity contribution in [1.29, 1.82) is 0 Å². The molecule has 8 heteroatoms. The number of amides is 1. The Hall–Kier alpha value is -1.31. The summed E-state index contributed by atoms with van der Waals surface area (Å²) in [6.45, 7) is 0.952. The molecule has 1 N–H and O–H groups in total. The highest BCUT2D eigenvalue weighted by Gasteiger charge is 2.26. The van der Waals surface area contributed by atoms with E-state index in [1.165, 1.54) is 41.8 Å². The number of carbonyl (C=O) groups is 1. The summed E-state index contributed by atoms with van der Waals surface area (Å²) in [5.41, 5.74) is 0. The monoisotopic (exact) mass is 442 g/mol. The van der Waals surface area contributed by atoms with Crippen LogP contribution >= 0.6 is 11.6 Å². The first-order valence-corrected chi connectivity index (χ1v) is 12.5. The molecule has 1 saturated carbocycles. The van der Waals surface area contributed by atoms with Crippen molar-refractivity contribution in [3.05, 3.63) is 23.2 Å². The van der Waals surface area contributed by atoms with E-state index in [0.29, 0.717) is 18.8 Å². The Morgan fingerprint density at radius 1 is 1.03 bits per heavy atom. The second-order valence-corrected chi connectivity index (χ2v) is 10.3. The highest BCUT2D eigenvalue weighted by molar-refractivity contribution is 7.89. The van der Waals surface area contributed by atoms with Gasteiger partial charge in [-0.3, -0.25) is 4.79 Å². The van der Waals surface area contributed by atoms with Crippen molar-refractivity contribution in [2.24, 2.45) is 0 Å². The fraction of sp³-hybridized carbons (Fsp3) is 0.667. The predicted molar refractivity (Wildman–Crippen MR) is 114 cm³/mol. The van der Waals surface area contributed by atoms with Gasteiger partial charge in [0.1, 0.15) is 5.75 Å². The van der Waals surface area contributed by atoms with E-state index in [1.807, 2.05) is 0 Å². The van der Waals surface area contributed by atoms with Crippen LogP contribution in [0.2, 0.25) is 5.02 Å². The molecule has 3 rings (SSSR count). The third-order valence-electron chi connectivity index (χ3n) is 5.69. The molecule has 29 heavy (non-hydrogen) atoms. The number of nitrogens with one attached hydrogen (secondary N) is 1. The smallest absolute Gasteiger partial charge is 0.258 e. The Morgan fingerprint density at radius 3 is 2.31 bits per heavy atom. The third kappa shape index (κ3) is 6.33. The summed E-state index contributed by atoms with van der Waals surface area (Å²) < 4.78 is 32.6. The molecule has 0 unspecified atom stereocenters. The van der Waals surface area contributed by atoms with Gasteiger partial charge in [0.25, 0.3) is 5.91 Å². The summed E-state index contributed by atoms with van der Waals surface area (Å²) in [4.78, 5) is 12.4. The number of rotatable bonds is 6. The quantitative estimate of drug-likeness (QED) is 0.718. The van der Waals surface area contributed by atoms with Crippen LogP contribution in [-0.2, 0) is 14.8 Å². The first-order chi connectivity index (χ1) is 14.0. The summed E-state index contributed by atoms with van der Waals surface area (Å²) in [6.07, 6.45) is 10.9. The number of hydrogen-bond acceptors (Lipinski definition) is 4. The van der Waals surface area contributed by atoms with Crippen molar-refractivity contribution in [3.8, 4) is 5.75 Å². The van der Waals surface area contributed by atoms with Crippen molar-refractivity contribution >= 4 is 27.5 Å². The van der Waals surface area contributed by atoms with Crippen LogP contribution in [0.25, 0.3) is 0 Å². The molecule has 1 aliphatic heterocycles. The van der Waals surface area contributed by atoms with Crippen LogP contribution in [0, 0.1) is 0 Å². The second-order valence-electron chi connectivity index (χ2n) is 7.96. The summed E-state index contributed by atoms with van der Waals surface area (Å²) in [5.74, 6) is 0.147. The molecule has 162 valence electrons. The number of nitrogens with zero attached hydrogens (tertiary/aromatic N) is 1. The lowest BCUT2D eigenvalue weighted by molar-refractivity contribution is -0.123. The van der Waals surface area contributed by atoms with Gasteiger partial charge < -0.3 is 10.1 Å². The molecule has 2 fully saturated rings. The minimum Gasteiger partial charge on any atom is -0.482 e. The van der Waals surface area contributed by atoms with E-state index in [4.69, 9.17) is 16.3 Å². The van der Waals surface area contributed by atoms with Crippen molar-refractivity contribution in [3.63, 3.8) is 0 Å². The maximum absolute atomic E-state index is 12.8. The molecule has 0 atom stereocenters. The van der Waals surface area contributed by atoms with E-state index >= 15 is 0 Å². The van der Waals surface area contributed by atoms with Crippen LogP contribution in [0.3, 0.4) is 0 Å². The van der Waals surface area contributed by atoms with Gasteiger partial charge in [-0.2, -0.15) is 4.31 Å². The Morgan fingerprint density at radius 2 is 1.66 bits per heavy atom. The first-order valence-electron chi connectivity index (χ1n) is 10.7. The van der Waals surface area contributed by atoms with Gasteiger partial charge in [-0.1, -0.05) is 50.1 Å². The highest BCUT2D eigenvalue weighted by Crippen LogP contribution is 2.29. The zero-order chi connectivity index (χ0) is 20.7. The lowest BCUT2D eigenvalue weighted by Crippen LogP contribution is -2.38. The number of halogens is 1. The first kappa shape index (κ1) is 22.4. The van der Waals surface area contributed by atoms with Crippen LogP contribution in [0.1, 0.15) is 64.2 Å². The fourth-order valence-corrected chi connectivity index (χ4v) is 5.87. The summed E-state index contributed by atoms with van der Waals surface area (Å²) in [7, 11) is -3.54. The van der Waals surface area contributed by atoms with Crippen molar-refractivity contribution < 1.29 is 17.9 Å². The van der Waals surface area contributed by atoms with Gasteiger partial charge >= 0.3 is 0 Å².